The van der Waals surface area contributed by atoms with Gasteiger partial charge in [0.15, 0.2) is 11.5 Å². The average molecular weight is 491 g/mol. The summed E-state index contributed by atoms with van der Waals surface area (Å²) in [4.78, 5) is 0. The zero-order valence-corrected chi connectivity index (χ0v) is 17.2. The minimum atomic E-state index is 0.417. The Balaban J connectivity index is 2.08. The third-order valence-corrected chi connectivity index (χ3v) is 4.73. The van der Waals surface area contributed by atoms with Gasteiger partial charge in [-0.2, -0.15) is 5.10 Å². The molecule has 0 heterocycles. The van der Waals surface area contributed by atoms with Gasteiger partial charge in [0.2, 0.25) is 0 Å². The molecule has 132 valence electrons. The normalized spacial score (nSPS) is 10.7. The van der Waals surface area contributed by atoms with Crippen LogP contribution in [-0.4, -0.2) is 19.9 Å². The summed E-state index contributed by atoms with van der Waals surface area (Å²) in [5.74, 6) is 1.33. The molecule has 0 aliphatic rings. The Bertz CT molecular complexity index is 762. The van der Waals surface area contributed by atoms with Crippen molar-refractivity contribution in [2.24, 2.45) is 5.10 Å². The van der Waals surface area contributed by atoms with E-state index in [0.29, 0.717) is 34.7 Å². The van der Waals surface area contributed by atoms with Gasteiger partial charge in [-0.05, 0) is 52.4 Å². The van der Waals surface area contributed by atoms with Crippen molar-refractivity contribution in [3.63, 3.8) is 0 Å². The van der Waals surface area contributed by atoms with Gasteiger partial charge < -0.3 is 14.9 Å². The summed E-state index contributed by atoms with van der Waals surface area (Å²) in [7, 11) is 1.60. The van der Waals surface area contributed by atoms with E-state index in [1.165, 1.54) is 0 Å². The number of ether oxygens (including phenoxy) is 2. The number of methoxy groups -OCH3 is 1. The predicted molar refractivity (Wildman–Crippen MR) is 112 cm³/mol. The second-order valence-corrected chi connectivity index (χ2v) is 6.90. The number of rotatable bonds is 8. The fourth-order valence-corrected chi connectivity index (χ4v) is 3.35. The Hall–Kier alpha value is -1.44. The highest BCUT2D eigenvalue weighted by Crippen LogP contribution is 2.33. The summed E-state index contributed by atoms with van der Waals surface area (Å²) in [6.07, 6.45) is 3.39. The molecule has 2 aromatic carbocycles. The van der Waals surface area contributed by atoms with Gasteiger partial charge in [-0.1, -0.05) is 41.9 Å². The number of nitrogens with one attached hydrogen (secondary N) is 1. The summed E-state index contributed by atoms with van der Waals surface area (Å²) >= 11 is 14.5. The number of nitrogens with zero attached hydrogens (tertiary/aromatic N) is 1. The van der Waals surface area contributed by atoms with Gasteiger partial charge >= 0.3 is 0 Å². The van der Waals surface area contributed by atoms with E-state index in [9.17, 15) is 0 Å². The molecule has 0 spiro atoms. The second-order valence-electron chi connectivity index (χ2n) is 4.93. The van der Waals surface area contributed by atoms with Crippen molar-refractivity contribution in [1.82, 2.24) is 5.43 Å². The Labute approximate surface area is 170 Å². The number of hydrazone groups is 1. The molecule has 0 saturated heterocycles. The van der Waals surface area contributed by atoms with Crippen molar-refractivity contribution in [2.45, 2.75) is 6.54 Å². The topological polar surface area (TPSA) is 42.8 Å². The van der Waals surface area contributed by atoms with Crippen LogP contribution in [0.25, 0.3) is 0 Å². The van der Waals surface area contributed by atoms with E-state index in [2.05, 4.69) is 39.7 Å². The molecule has 2 rings (SSSR count). The van der Waals surface area contributed by atoms with Crippen molar-refractivity contribution in [3.05, 3.63) is 67.7 Å². The van der Waals surface area contributed by atoms with Crippen LogP contribution in [0.3, 0.4) is 0 Å². The summed E-state index contributed by atoms with van der Waals surface area (Å²) in [5.41, 5.74) is 4.64. The third kappa shape index (κ3) is 5.52. The molecule has 7 heteroatoms. The molecule has 0 bridgehead atoms. The van der Waals surface area contributed by atoms with Crippen LogP contribution in [0, 0.1) is 3.57 Å². The number of halogens is 3. The molecule has 4 nitrogen and oxygen atoms in total. The molecule has 1 N–H and O–H groups in total. The van der Waals surface area contributed by atoms with Gasteiger partial charge in [0, 0.05) is 15.6 Å². The van der Waals surface area contributed by atoms with E-state index in [1.807, 2.05) is 18.2 Å². The van der Waals surface area contributed by atoms with E-state index < -0.39 is 0 Å². The first-order valence-electron chi connectivity index (χ1n) is 7.36. The largest absolute Gasteiger partial charge is 0.493 e. The Kier molecular flexibility index (Phi) is 7.87. The van der Waals surface area contributed by atoms with Crippen LogP contribution in [0.15, 0.2) is 48.1 Å². The van der Waals surface area contributed by atoms with E-state index in [0.717, 1.165) is 14.7 Å². The number of hydrogen-bond acceptors (Lipinski definition) is 4. The van der Waals surface area contributed by atoms with Crippen LogP contribution in [-0.2, 0) is 6.54 Å². The van der Waals surface area contributed by atoms with Gasteiger partial charge in [-0.3, -0.25) is 0 Å². The SMILES string of the molecule is C=CCOc1c(I)cc(/C=N\NCc2c(Cl)cccc2Cl)cc1OC. The van der Waals surface area contributed by atoms with Gasteiger partial charge in [-0.25, -0.2) is 0 Å². The maximum absolute atomic E-state index is 6.13. The quantitative estimate of drug-likeness (QED) is 0.236. The molecule has 0 amide bonds. The van der Waals surface area contributed by atoms with Gasteiger partial charge in [0.1, 0.15) is 6.61 Å². The van der Waals surface area contributed by atoms with Crippen LogP contribution in [0.1, 0.15) is 11.1 Å². The highest BCUT2D eigenvalue weighted by atomic mass is 127. The Morgan fingerprint density at radius 2 is 2.00 bits per heavy atom. The average Bonchev–Trinajstić information content (AvgIpc) is 2.59. The van der Waals surface area contributed by atoms with Crippen molar-refractivity contribution >= 4 is 52.0 Å². The lowest BCUT2D eigenvalue weighted by Crippen LogP contribution is -2.07. The van der Waals surface area contributed by atoms with E-state index in [-0.39, 0.29) is 0 Å². The molecule has 0 aliphatic heterocycles. The molecule has 25 heavy (non-hydrogen) atoms. The van der Waals surface area contributed by atoms with E-state index in [1.54, 1.807) is 31.5 Å². The van der Waals surface area contributed by atoms with Crippen molar-refractivity contribution in [1.29, 1.82) is 0 Å². The zero-order valence-electron chi connectivity index (χ0n) is 13.6. The Morgan fingerprint density at radius 3 is 2.64 bits per heavy atom. The smallest absolute Gasteiger partial charge is 0.174 e. The number of hydrogen-bond donors (Lipinski definition) is 1. The summed E-state index contributed by atoms with van der Waals surface area (Å²) in [6.45, 7) is 4.50. The van der Waals surface area contributed by atoms with Crippen molar-refractivity contribution < 1.29 is 9.47 Å². The highest BCUT2D eigenvalue weighted by Gasteiger charge is 2.10. The molecule has 0 atom stereocenters. The van der Waals surface area contributed by atoms with Gasteiger partial charge in [0.05, 0.1) is 23.4 Å². The maximum Gasteiger partial charge on any atom is 0.174 e. The minimum absolute atomic E-state index is 0.417. The fourth-order valence-electron chi connectivity index (χ4n) is 2.04. The van der Waals surface area contributed by atoms with E-state index >= 15 is 0 Å². The lowest BCUT2D eigenvalue weighted by molar-refractivity contribution is 0.324. The monoisotopic (exact) mass is 490 g/mol. The molecule has 0 radical (unpaired) electrons. The fraction of sp³-hybridized carbons (Fsp3) is 0.167. The predicted octanol–water partition coefficient (Wildman–Crippen LogP) is 5.30. The molecular formula is C18H17Cl2IN2O2. The van der Waals surface area contributed by atoms with Crippen LogP contribution in [0.2, 0.25) is 10.0 Å². The molecular weight excluding hydrogens is 474 g/mol. The van der Waals surface area contributed by atoms with Gasteiger partial charge in [0.25, 0.3) is 0 Å². The zero-order chi connectivity index (χ0) is 18.2. The molecule has 0 fully saturated rings. The first-order chi connectivity index (χ1) is 12.1. The van der Waals surface area contributed by atoms with Crippen LogP contribution < -0.4 is 14.9 Å². The standard InChI is InChI=1S/C18H17Cl2IN2O2/c1-3-7-25-18-16(21)8-12(9-17(18)24-2)10-22-23-11-13-14(19)5-4-6-15(13)20/h3-6,8-10,23H,1,7,11H2,2H3/b22-10-. The lowest BCUT2D eigenvalue weighted by Gasteiger charge is -2.12. The van der Waals surface area contributed by atoms with Crippen molar-refractivity contribution in [3.8, 4) is 11.5 Å². The Morgan fingerprint density at radius 1 is 1.28 bits per heavy atom. The summed E-state index contributed by atoms with van der Waals surface area (Å²) in [5, 5.41) is 5.43. The minimum Gasteiger partial charge on any atom is -0.493 e. The number of benzene rings is 2. The molecule has 2 aromatic rings. The highest BCUT2D eigenvalue weighted by molar-refractivity contribution is 14.1. The first kappa shape index (κ1) is 19.9. The van der Waals surface area contributed by atoms with Crippen molar-refractivity contribution in [2.75, 3.05) is 13.7 Å². The van der Waals surface area contributed by atoms with E-state index in [4.69, 9.17) is 32.7 Å². The maximum atomic E-state index is 6.13. The first-order valence-corrected chi connectivity index (χ1v) is 9.20. The summed E-state index contributed by atoms with van der Waals surface area (Å²) in [6, 6.07) is 9.21. The molecule has 0 aromatic heterocycles. The van der Waals surface area contributed by atoms with Crippen LogP contribution in [0.5, 0.6) is 11.5 Å². The van der Waals surface area contributed by atoms with Gasteiger partial charge in [-0.15, -0.1) is 0 Å². The summed E-state index contributed by atoms with van der Waals surface area (Å²) < 4.78 is 11.9. The molecule has 0 saturated carbocycles. The second kappa shape index (κ2) is 9.89. The lowest BCUT2D eigenvalue weighted by atomic mass is 10.2. The third-order valence-electron chi connectivity index (χ3n) is 3.22. The van der Waals surface area contributed by atoms with Crippen LogP contribution >= 0.6 is 45.8 Å². The molecule has 0 aliphatic carbocycles. The van der Waals surface area contributed by atoms with Crippen LogP contribution in [0.4, 0.5) is 0 Å². The molecule has 0 unspecified atom stereocenters.